The van der Waals surface area contributed by atoms with E-state index < -0.39 is 5.82 Å². The molecule has 0 saturated heterocycles. The maximum Gasteiger partial charge on any atom is 0.244 e. The summed E-state index contributed by atoms with van der Waals surface area (Å²) >= 11 is 5.99. The van der Waals surface area contributed by atoms with Crippen LogP contribution in [-0.2, 0) is 11.2 Å². The van der Waals surface area contributed by atoms with E-state index in [1.807, 2.05) is 12.1 Å². The number of benzene rings is 2. The van der Waals surface area contributed by atoms with Gasteiger partial charge in [0, 0.05) is 24.3 Å². The third-order valence-corrected chi connectivity index (χ3v) is 6.42. The van der Waals surface area contributed by atoms with Crippen LogP contribution < -0.4 is 14.8 Å². The Balaban J connectivity index is 1.93. The standard InChI is InChI=1S/C29H39ClFNO3/c1-7-28(3,4)34-22-16-15-21(26(20-22)35-29(5,6)8-2)12-9-10-19-32-27(33)18-17-23-24(30)13-11-14-25(23)31/h11,13-18,20H,7-10,12,19H2,1-6H3,(H,32,33)/b18-17+. The SMILES string of the molecule is CCC(C)(C)Oc1ccc(CCCCNC(=O)/C=C/c2c(F)cccc2Cl)c(OC(C)(C)CC)c1. The van der Waals surface area contributed by atoms with E-state index >= 15 is 0 Å². The molecule has 0 saturated carbocycles. The van der Waals surface area contributed by atoms with Crippen molar-refractivity contribution in [2.75, 3.05) is 6.54 Å². The molecule has 35 heavy (non-hydrogen) atoms. The van der Waals surface area contributed by atoms with Gasteiger partial charge in [0.15, 0.2) is 0 Å². The molecular formula is C29H39ClFNO3. The Labute approximate surface area is 214 Å². The quantitative estimate of drug-likeness (QED) is 0.224. The van der Waals surface area contributed by atoms with Crippen molar-refractivity contribution in [3.8, 4) is 11.5 Å². The van der Waals surface area contributed by atoms with Crippen molar-refractivity contribution >= 4 is 23.6 Å². The van der Waals surface area contributed by atoms with Crippen LogP contribution in [0.3, 0.4) is 0 Å². The van der Waals surface area contributed by atoms with Crippen molar-refractivity contribution in [2.24, 2.45) is 0 Å². The van der Waals surface area contributed by atoms with Gasteiger partial charge in [-0.25, -0.2) is 4.39 Å². The second kappa shape index (κ2) is 13.0. The van der Waals surface area contributed by atoms with Crippen molar-refractivity contribution in [3.05, 3.63) is 64.4 Å². The first kappa shape index (κ1) is 28.7. The van der Waals surface area contributed by atoms with Crippen molar-refractivity contribution in [3.63, 3.8) is 0 Å². The summed E-state index contributed by atoms with van der Waals surface area (Å²) in [6, 6.07) is 10.5. The lowest BCUT2D eigenvalue weighted by atomic mass is 10.0. The van der Waals surface area contributed by atoms with Crippen LogP contribution in [0.25, 0.3) is 6.08 Å². The van der Waals surface area contributed by atoms with E-state index in [-0.39, 0.29) is 27.7 Å². The molecule has 1 N–H and O–H groups in total. The van der Waals surface area contributed by atoms with E-state index in [0.717, 1.165) is 49.2 Å². The van der Waals surface area contributed by atoms with Crippen LogP contribution >= 0.6 is 11.6 Å². The number of hydrogen-bond donors (Lipinski definition) is 1. The molecule has 2 aromatic rings. The maximum absolute atomic E-state index is 13.8. The van der Waals surface area contributed by atoms with Gasteiger partial charge in [-0.2, -0.15) is 0 Å². The molecule has 2 aromatic carbocycles. The highest BCUT2D eigenvalue weighted by atomic mass is 35.5. The van der Waals surface area contributed by atoms with Gasteiger partial charge in [0.2, 0.25) is 5.91 Å². The number of ether oxygens (including phenoxy) is 2. The average molecular weight is 504 g/mol. The molecule has 0 fully saturated rings. The molecule has 1 amide bonds. The fourth-order valence-corrected chi connectivity index (χ4v) is 3.43. The minimum Gasteiger partial charge on any atom is -0.488 e. The number of halogens is 2. The van der Waals surface area contributed by atoms with Crippen LogP contribution in [0, 0.1) is 5.82 Å². The molecule has 0 unspecified atom stereocenters. The van der Waals surface area contributed by atoms with Gasteiger partial charge in [-0.1, -0.05) is 37.6 Å². The first-order valence-electron chi connectivity index (χ1n) is 12.4. The molecule has 0 aliphatic heterocycles. The molecule has 0 heterocycles. The van der Waals surface area contributed by atoms with Crippen molar-refractivity contribution < 1.29 is 18.7 Å². The zero-order chi connectivity index (χ0) is 26.1. The summed E-state index contributed by atoms with van der Waals surface area (Å²) in [7, 11) is 0. The second-order valence-electron chi connectivity index (χ2n) is 9.92. The van der Waals surface area contributed by atoms with Crippen LogP contribution in [0.4, 0.5) is 4.39 Å². The van der Waals surface area contributed by atoms with Gasteiger partial charge in [-0.3, -0.25) is 4.79 Å². The molecule has 0 aromatic heterocycles. The Bertz CT molecular complexity index is 997. The number of carbonyl (C=O) groups is 1. The van der Waals surface area contributed by atoms with Gasteiger partial charge < -0.3 is 14.8 Å². The zero-order valence-corrected chi connectivity index (χ0v) is 22.6. The van der Waals surface area contributed by atoms with E-state index in [0.29, 0.717) is 6.54 Å². The summed E-state index contributed by atoms with van der Waals surface area (Å²) in [5, 5.41) is 3.11. The Morgan fingerprint density at radius 2 is 1.71 bits per heavy atom. The first-order chi connectivity index (χ1) is 16.5. The molecule has 4 nitrogen and oxygen atoms in total. The molecule has 0 atom stereocenters. The van der Waals surface area contributed by atoms with Crippen LogP contribution in [0.1, 0.15) is 78.4 Å². The summed E-state index contributed by atoms with van der Waals surface area (Å²) in [6.07, 6.45) is 7.00. The second-order valence-corrected chi connectivity index (χ2v) is 10.3. The summed E-state index contributed by atoms with van der Waals surface area (Å²) in [6.45, 7) is 13.1. The number of aryl methyl sites for hydroxylation is 1. The van der Waals surface area contributed by atoms with Gasteiger partial charge in [-0.15, -0.1) is 0 Å². The summed E-state index contributed by atoms with van der Waals surface area (Å²) in [5.41, 5.74) is 0.800. The summed E-state index contributed by atoms with van der Waals surface area (Å²) < 4.78 is 26.3. The minimum atomic E-state index is -0.458. The van der Waals surface area contributed by atoms with Crippen molar-refractivity contribution in [2.45, 2.75) is 84.8 Å². The number of amides is 1. The fraction of sp³-hybridized carbons (Fsp3) is 0.483. The smallest absolute Gasteiger partial charge is 0.244 e. The minimum absolute atomic E-state index is 0.210. The van der Waals surface area contributed by atoms with Crippen molar-refractivity contribution in [1.82, 2.24) is 5.32 Å². The zero-order valence-electron chi connectivity index (χ0n) is 21.8. The van der Waals surface area contributed by atoms with E-state index in [9.17, 15) is 9.18 Å². The molecule has 0 bridgehead atoms. The number of hydrogen-bond acceptors (Lipinski definition) is 3. The Kier molecular flexibility index (Phi) is 10.6. The number of nitrogens with one attached hydrogen (secondary N) is 1. The molecular weight excluding hydrogens is 465 g/mol. The highest BCUT2D eigenvalue weighted by molar-refractivity contribution is 6.32. The van der Waals surface area contributed by atoms with Gasteiger partial charge in [-0.05, 0) is 89.6 Å². The lowest BCUT2D eigenvalue weighted by Crippen LogP contribution is -2.28. The molecule has 0 spiro atoms. The lowest BCUT2D eigenvalue weighted by molar-refractivity contribution is -0.116. The third kappa shape index (κ3) is 9.56. The van der Waals surface area contributed by atoms with E-state index in [2.05, 4.69) is 52.9 Å². The fourth-order valence-electron chi connectivity index (χ4n) is 3.20. The third-order valence-electron chi connectivity index (χ3n) is 6.10. The lowest BCUT2D eigenvalue weighted by Gasteiger charge is -2.29. The highest BCUT2D eigenvalue weighted by Crippen LogP contribution is 2.32. The van der Waals surface area contributed by atoms with Gasteiger partial charge in [0.25, 0.3) is 0 Å². The summed E-state index contributed by atoms with van der Waals surface area (Å²) in [4.78, 5) is 12.1. The van der Waals surface area contributed by atoms with Crippen LogP contribution in [-0.4, -0.2) is 23.7 Å². The number of unbranched alkanes of at least 4 members (excludes halogenated alkanes) is 1. The molecule has 0 aliphatic carbocycles. The first-order valence-corrected chi connectivity index (χ1v) is 12.7. The van der Waals surface area contributed by atoms with Crippen LogP contribution in [0.15, 0.2) is 42.5 Å². The Morgan fingerprint density at radius 3 is 2.37 bits per heavy atom. The predicted octanol–water partition coefficient (Wildman–Crippen LogP) is 7.77. The molecule has 0 aliphatic rings. The molecule has 0 radical (unpaired) electrons. The van der Waals surface area contributed by atoms with E-state index in [4.69, 9.17) is 21.1 Å². The topological polar surface area (TPSA) is 47.6 Å². The van der Waals surface area contributed by atoms with E-state index in [1.54, 1.807) is 6.07 Å². The normalized spacial score (nSPS) is 12.1. The van der Waals surface area contributed by atoms with Gasteiger partial charge in [0.05, 0.1) is 5.02 Å². The predicted molar refractivity (Wildman–Crippen MR) is 143 cm³/mol. The molecule has 2 rings (SSSR count). The van der Waals surface area contributed by atoms with E-state index in [1.165, 1.54) is 24.3 Å². The van der Waals surface area contributed by atoms with Crippen LogP contribution in [0.5, 0.6) is 11.5 Å². The van der Waals surface area contributed by atoms with Gasteiger partial charge in [0.1, 0.15) is 28.5 Å². The average Bonchev–Trinajstić information content (AvgIpc) is 2.79. The number of rotatable bonds is 13. The summed E-state index contributed by atoms with van der Waals surface area (Å²) in [5.74, 6) is 0.907. The number of carbonyl (C=O) groups excluding carboxylic acids is 1. The molecule has 192 valence electrons. The monoisotopic (exact) mass is 503 g/mol. The van der Waals surface area contributed by atoms with Gasteiger partial charge >= 0.3 is 0 Å². The molecule has 6 heteroatoms. The highest BCUT2D eigenvalue weighted by Gasteiger charge is 2.21. The van der Waals surface area contributed by atoms with Crippen molar-refractivity contribution in [1.29, 1.82) is 0 Å². The Morgan fingerprint density at radius 1 is 1.03 bits per heavy atom. The van der Waals surface area contributed by atoms with Crippen LogP contribution in [0.2, 0.25) is 5.02 Å². The maximum atomic E-state index is 13.8. The Hall–Kier alpha value is -2.53. The largest absolute Gasteiger partial charge is 0.488 e.